The van der Waals surface area contributed by atoms with Gasteiger partial charge in [-0.05, 0) is 38.5 Å². The largest absolute Gasteiger partial charge is 0.396 e. The first-order chi connectivity index (χ1) is 9.54. The van der Waals surface area contributed by atoms with Crippen LogP contribution in [0.2, 0.25) is 5.02 Å². The minimum Gasteiger partial charge on any atom is -0.396 e. The van der Waals surface area contributed by atoms with Gasteiger partial charge in [0.2, 0.25) is 0 Å². The van der Waals surface area contributed by atoms with E-state index in [1.54, 1.807) is 6.20 Å². The molecule has 0 amide bonds. The lowest BCUT2D eigenvalue weighted by atomic mass is 9.97. The molecule has 2 atom stereocenters. The SMILES string of the molecule is CC(C)n1ncc(NCC2CCCC2CO)c(Cl)c1=O. The molecule has 1 heterocycles. The maximum Gasteiger partial charge on any atom is 0.287 e. The van der Waals surface area contributed by atoms with Crippen molar-refractivity contribution in [3.8, 4) is 0 Å². The molecule has 1 aliphatic carbocycles. The van der Waals surface area contributed by atoms with E-state index in [9.17, 15) is 9.90 Å². The summed E-state index contributed by atoms with van der Waals surface area (Å²) in [5, 5.41) is 16.8. The van der Waals surface area contributed by atoms with Crippen LogP contribution in [0.25, 0.3) is 0 Å². The maximum absolute atomic E-state index is 12.0. The van der Waals surface area contributed by atoms with Crippen LogP contribution in [0.4, 0.5) is 5.69 Å². The molecule has 2 rings (SSSR count). The van der Waals surface area contributed by atoms with Crippen molar-refractivity contribution >= 4 is 17.3 Å². The second-order valence-corrected chi connectivity index (χ2v) is 6.11. The minimum absolute atomic E-state index is 0.0114. The van der Waals surface area contributed by atoms with Crippen LogP contribution in [-0.4, -0.2) is 28.0 Å². The van der Waals surface area contributed by atoms with E-state index in [2.05, 4.69) is 10.4 Å². The zero-order valence-electron chi connectivity index (χ0n) is 12.0. The highest BCUT2D eigenvalue weighted by atomic mass is 35.5. The number of hydrogen-bond acceptors (Lipinski definition) is 4. The zero-order valence-corrected chi connectivity index (χ0v) is 12.7. The number of nitrogens with zero attached hydrogens (tertiary/aromatic N) is 2. The third-order valence-electron chi connectivity index (χ3n) is 4.04. The predicted octanol–water partition coefficient (Wildman–Crippen LogP) is 2.30. The molecule has 5 nitrogen and oxygen atoms in total. The van der Waals surface area contributed by atoms with Crippen LogP contribution >= 0.6 is 11.6 Å². The average molecular weight is 300 g/mol. The lowest BCUT2D eigenvalue weighted by molar-refractivity contribution is 0.199. The van der Waals surface area contributed by atoms with Crippen molar-refractivity contribution in [3.63, 3.8) is 0 Å². The Labute approximate surface area is 124 Å². The van der Waals surface area contributed by atoms with Gasteiger partial charge < -0.3 is 10.4 Å². The Kier molecular flexibility index (Phi) is 5.05. The van der Waals surface area contributed by atoms with Gasteiger partial charge in [0.05, 0.1) is 17.9 Å². The zero-order chi connectivity index (χ0) is 14.7. The van der Waals surface area contributed by atoms with Crippen LogP contribution < -0.4 is 10.9 Å². The molecule has 6 heteroatoms. The van der Waals surface area contributed by atoms with Gasteiger partial charge in [-0.3, -0.25) is 4.79 Å². The number of halogens is 1. The first-order valence-electron chi connectivity index (χ1n) is 7.16. The summed E-state index contributed by atoms with van der Waals surface area (Å²) in [6, 6.07) is -0.0114. The number of hydrogen-bond donors (Lipinski definition) is 2. The number of nitrogens with one attached hydrogen (secondary N) is 1. The summed E-state index contributed by atoms with van der Waals surface area (Å²) < 4.78 is 1.37. The number of aliphatic hydroxyl groups is 1. The Morgan fingerprint density at radius 2 is 2.20 bits per heavy atom. The number of aliphatic hydroxyl groups excluding tert-OH is 1. The quantitative estimate of drug-likeness (QED) is 0.875. The van der Waals surface area contributed by atoms with Crippen LogP contribution in [0.3, 0.4) is 0 Å². The van der Waals surface area contributed by atoms with Crippen LogP contribution in [0.15, 0.2) is 11.0 Å². The van der Waals surface area contributed by atoms with Crippen LogP contribution in [-0.2, 0) is 0 Å². The smallest absolute Gasteiger partial charge is 0.287 e. The molecule has 2 N–H and O–H groups in total. The molecule has 1 aliphatic rings. The summed E-state index contributed by atoms with van der Waals surface area (Å²) >= 11 is 6.11. The van der Waals surface area contributed by atoms with E-state index in [4.69, 9.17) is 11.6 Å². The molecular formula is C14H22ClN3O2. The maximum atomic E-state index is 12.0. The van der Waals surface area contributed by atoms with E-state index in [-0.39, 0.29) is 23.2 Å². The summed E-state index contributed by atoms with van der Waals surface area (Å²) in [5.74, 6) is 0.786. The van der Waals surface area contributed by atoms with Gasteiger partial charge in [-0.1, -0.05) is 18.0 Å². The molecule has 0 radical (unpaired) electrons. The highest BCUT2D eigenvalue weighted by Gasteiger charge is 2.26. The molecule has 20 heavy (non-hydrogen) atoms. The third kappa shape index (κ3) is 3.15. The Hall–Kier alpha value is -1.07. The molecule has 0 aromatic carbocycles. The molecular weight excluding hydrogens is 278 g/mol. The van der Waals surface area contributed by atoms with Crippen molar-refractivity contribution in [1.29, 1.82) is 0 Å². The Morgan fingerprint density at radius 1 is 1.50 bits per heavy atom. The number of anilines is 1. The van der Waals surface area contributed by atoms with Gasteiger partial charge in [0.15, 0.2) is 0 Å². The Balaban J connectivity index is 2.07. The molecule has 1 fully saturated rings. The molecule has 2 unspecified atom stereocenters. The summed E-state index contributed by atoms with van der Waals surface area (Å²) in [6.45, 7) is 4.73. The highest BCUT2D eigenvalue weighted by Crippen LogP contribution is 2.31. The molecule has 0 bridgehead atoms. The van der Waals surface area contributed by atoms with E-state index in [0.29, 0.717) is 17.5 Å². The lowest BCUT2D eigenvalue weighted by Crippen LogP contribution is -2.27. The average Bonchev–Trinajstić information content (AvgIpc) is 2.87. The third-order valence-corrected chi connectivity index (χ3v) is 4.40. The standard InChI is InChI=1S/C14H22ClN3O2/c1-9(2)18-14(20)13(15)12(7-17-18)16-6-10-4-3-5-11(10)8-19/h7,9-11,16,19H,3-6,8H2,1-2H3. The van der Waals surface area contributed by atoms with Gasteiger partial charge in [-0.2, -0.15) is 5.10 Å². The first-order valence-corrected chi connectivity index (χ1v) is 7.54. The second-order valence-electron chi connectivity index (χ2n) is 5.73. The molecule has 0 saturated heterocycles. The highest BCUT2D eigenvalue weighted by molar-refractivity contribution is 6.32. The van der Waals surface area contributed by atoms with Crippen molar-refractivity contribution in [3.05, 3.63) is 21.6 Å². The lowest BCUT2D eigenvalue weighted by Gasteiger charge is -2.19. The van der Waals surface area contributed by atoms with Crippen LogP contribution in [0, 0.1) is 11.8 Å². The van der Waals surface area contributed by atoms with Gasteiger partial charge in [0.1, 0.15) is 5.02 Å². The van der Waals surface area contributed by atoms with Crippen molar-refractivity contribution in [2.24, 2.45) is 11.8 Å². The molecule has 0 spiro atoms. The molecule has 1 aromatic rings. The number of aromatic nitrogens is 2. The fraction of sp³-hybridized carbons (Fsp3) is 0.714. The summed E-state index contributed by atoms with van der Waals surface area (Å²) in [7, 11) is 0. The van der Waals surface area contributed by atoms with E-state index in [0.717, 1.165) is 25.8 Å². The van der Waals surface area contributed by atoms with E-state index < -0.39 is 0 Å². The van der Waals surface area contributed by atoms with E-state index in [1.807, 2.05) is 13.8 Å². The van der Waals surface area contributed by atoms with E-state index >= 15 is 0 Å². The van der Waals surface area contributed by atoms with Gasteiger partial charge >= 0.3 is 0 Å². The topological polar surface area (TPSA) is 67.2 Å². The number of rotatable bonds is 5. The van der Waals surface area contributed by atoms with Gasteiger partial charge in [-0.15, -0.1) is 0 Å². The Morgan fingerprint density at radius 3 is 2.85 bits per heavy atom. The van der Waals surface area contributed by atoms with Crippen molar-refractivity contribution in [2.45, 2.75) is 39.2 Å². The molecule has 1 saturated carbocycles. The van der Waals surface area contributed by atoms with E-state index in [1.165, 1.54) is 4.68 Å². The van der Waals surface area contributed by atoms with Crippen molar-refractivity contribution in [1.82, 2.24) is 9.78 Å². The van der Waals surface area contributed by atoms with Crippen molar-refractivity contribution < 1.29 is 5.11 Å². The van der Waals surface area contributed by atoms with Crippen LogP contribution in [0.5, 0.6) is 0 Å². The van der Waals surface area contributed by atoms with Crippen LogP contribution in [0.1, 0.15) is 39.2 Å². The molecule has 112 valence electrons. The van der Waals surface area contributed by atoms with Gasteiger partial charge in [0.25, 0.3) is 5.56 Å². The Bertz CT molecular complexity index is 516. The monoisotopic (exact) mass is 299 g/mol. The summed E-state index contributed by atoms with van der Waals surface area (Å²) in [6.07, 6.45) is 4.93. The summed E-state index contributed by atoms with van der Waals surface area (Å²) in [5.41, 5.74) is 0.314. The predicted molar refractivity (Wildman–Crippen MR) is 80.3 cm³/mol. The molecule has 0 aliphatic heterocycles. The minimum atomic E-state index is -0.267. The van der Waals surface area contributed by atoms with Gasteiger partial charge in [-0.25, -0.2) is 4.68 Å². The fourth-order valence-electron chi connectivity index (χ4n) is 2.80. The van der Waals surface area contributed by atoms with Gasteiger partial charge in [0, 0.05) is 13.2 Å². The normalized spacial score (nSPS) is 22.4. The fourth-order valence-corrected chi connectivity index (χ4v) is 3.00. The summed E-state index contributed by atoms with van der Waals surface area (Å²) in [4.78, 5) is 12.0. The molecule has 1 aromatic heterocycles. The van der Waals surface area contributed by atoms with Crippen molar-refractivity contribution in [2.75, 3.05) is 18.5 Å². The second kappa shape index (κ2) is 6.59. The first kappa shape index (κ1) is 15.3.